The second-order valence-corrected chi connectivity index (χ2v) is 7.07. The van der Waals surface area contributed by atoms with Gasteiger partial charge in [0.25, 0.3) is 0 Å². The van der Waals surface area contributed by atoms with Crippen LogP contribution in [0.15, 0.2) is 46.9 Å². The van der Waals surface area contributed by atoms with E-state index in [4.69, 9.17) is 16.3 Å². The van der Waals surface area contributed by atoms with Crippen molar-refractivity contribution in [1.29, 1.82) is 0 Å². The fourth-order valence-corrected chi connectivity index (χ4v) is 3.84. The third-order valence-corrected chi connectivity index (χ3v) is 5.29. The quantitative estimate of drug-likeness (QED) is 0.443. The highest BCUT2D eigenvalue weighted by Gasteiger charge is 2.13. The highest BCUT2D eigenvalue weighted by atomic mass is 35.5. The van der Waals surface area contributed by atoms with E-state index >= 15 is 0 Å². The molecule has 0 aliphatic carbocycles. The van der Waals surface area contributed by atoms with Crippen molar-refractivity contribution in [1.82, 2.24) is 14.8 Å². The molecule has 0 spiro atoms. The van der Waals surface area contributed by atoms with Gasteiger partial charge in [-0.2, -0.15) is 0 Å². The Morgan fingerprint density at radius 3 is 2.83 bits per heavy atom. The Hall–Kier alpha value is -1.50. The number of halogens is 1. The molecule has 7 heteroatoms. The van der Waals surface area contributed by atoms with E-state index in [1.165, 1.54) is 0 Å². The van der Waals surface area contributed by atoms with E-state index in [1.807, 2.05) is 35.7 Å². The maximum Gasteiger partial charge on any atom is 0.191 e. The topological polar surface area (TPSA) is 39.9 Å². The molecular weight excluding hydrogens is 350 g/mol. The number of hydrogen-bond acceptors (Lipinski definition) is 5. The maximum absolute atomic E-state index is 6.07. The van der Waals surface area contributed by atoms with Gasteiger partial charge < -0.3 is 9.30 Å². The minimum Gasteiger partial charge on any atom is -0.491 e. The van der Waals surface area contributed by atoms with E-state index in [0.717, 1.165) is 28.2 Å². The lowest BCUT2D eigenvalue weighted by Gasteiger charge is -2.08. The Bertz CT molecular complexity index is 759. The Morgan fingerprint density at radius 1 is 1.22 bits per heavy atom. The lowest BCUT2D eigenvalue weighted by Crippen LogP contribution is -2.03. The van der Waals surface area contributed by atoms with Gasteiger partial charge in [-0.1, -0.05) is 41.6 Å². The van der Waals surface area contributed by atoms with Crippen LogP contribution in [0.1, 0.15) is 6.92 Å². The van der Waals surface area contributed by atoms with Crippen LogP contribution in [0.3, 0.4) is 0 Å². The van der Waals surface area contributed by atoms with Crippen molar-refractivity contribution >= 4 is 34.7 Å². The number of nitrogens with zero attached hydrogens (tertiary/aromatic N) is 3. The van der Waals surface area contributed by atoms with Gasteiger partial charge in [0, 0.05) is 12.3 Å². The predicted octanol–water partition coefficient (Wildman–Crippen LogP) is 4.85. The summed E-state index contributed by atoms with van der Waals surface area (Å²) in [5, 5.41) is 12.2. The lowest BCUT2D eigenvalue weighted by molar-refractivity contribution is 0.344. The number of hydrogen-bond donors (Lipinski definition) is 0. The summed E-state index contributed by atoms with van der Waals surface area (Å²) in [6, 6.07) is 11.6. The molecule has 120 valence electrons. The number of para-hydroxylation sites is 1. The van der Waals surface area contributed by atoms with Gasteiger partial charge in [0.1, 0.15) is 5.75 Å². The molecule has 0 unspecified atom stereocenters. The van der Waals surface area contributed by atoms with E-state index < -0.39 is 0 Å². The minimum atomic E-state index is 0.569. The summed E-state index contributed by atoms with van der Waals surface area (Å²) in [6.07, 6.45) is 0. The van der Waals surface area contributed by atoms with Crippen LogP contribution in [0.4, 0.5) is 0 Å². The Balaban J connectivity index is 1.60. The molecule has 0 atom stereocenters. The number of thioether (sulfide) groups is 1. The molecule has 0 saturated heterocycles. The summed E-state index contributed by atoms with van der Waals surface area (Å²) in [5.74, 6) is 2.43. The van der Waals surface area contributed by atoms with Gasteiger partial charge in [0.15, 0.2) is 11.0 Å². The first kappa shape index (κ1) is 16.4. The van der Waals surface area contributed by atoms with Gasteiger partial charge in [0.2, 0.25) is 0 Å². The average Bonchev–Trinajstić information content (AvgIpc) is 3.22. The van der Waals surface area contributed by atoms with Gasteiger partial charge in [-0.05, 0) is 30.5 Å². The van der Waals surface area contributed by atoms with Crippen LogP contribution in [0, 0.1) is 0 Å². The van der Waals surface area contributed by atoms with Gasteiger partial charge >= 0.3 is 0 Å². The summed E-state index contributed by atoms with van der Waals surface area (Å²) in [7, 11) is 0. The van der Waals surface area contributed by atoms with Crippen molar-refractivity contribution in [2.45, 2.75) is 18.6 Å². The molecule has 0 aliphatic heterocycles. The van der Waals surface area contributed by atoms with Crippen molar-refractivity contribution in [3.8, 4) is 16.5 Å². The molecule has 0 amide bonds. The zero-order valence-corrected chi connectivity index (χ0v) is 15.0. The van der Waals surface area contributed by atoms with Crippen molar-refractivity contribution < 1.29 is 4.74 Å². The molecule has 0 saturated carbocycles. The van der Waals surface area contributed by atoms with Crippen LogP contribution in [-0.4, -0.2) is 27.1 Å². The molecule has 0 bridgehead atoms. The Labute approximate surface area is 148 Å². The van der Waals surface area contributed by atoms with E-state index in [2.05, 4.69) is 27.8 Å². The molecule has 0 radical (unpaired) electrons. The number of ether oxygens (including phenoxy) is 1. The van der Waals surface area contributed by atoms with Gasteiger partial charge in [-0.25, -0.2) is 0 Å². The standard InChI is InChI=1S/C16H16ClN3OS2/c1-2-20-15(14-8-5-10-22-14)18-19-16(20)23-11-9-21-13-7-4-3-6-12(13)17/h3-8,10H,2,9,11H2,1H3. The molecule has 3 rings (SSSR count). The molecule has 0 fully saturated rings. The highest BCUT2D eigenvalue weighted by Crippen LogP contribution is 2.27. The Morgan fingerprint density at radius 2 is 2.09 bits per heavy atom. The molecular formula is C16H16ClN3OS2. The maximum atomic E-state index is 6.07. The average molecular weight is 366 g/mol. The first-order chi connectivity index (χ1) is 11.3. The van der Waals surface area contributed by atoms with Crippen LogP contribution in [0.2, 0.25) is 5.02 Å². The highest BCUT2D eigenvalue weighted by molar-refractivity contribution is 7.99. The van der Waals surface area contributed by atoms with Crippen molar-refractivity contribution in [3.05, 3.63) is 46.8 Å². The molecule has 2 heterocycles. The zero-order valence-electron chi connectivity index (χ0n) is 12.6. The monoisotopic (exact) mass is 365 g/mol. The number of benzene rings is 1. The number of rotatable bonds is 7. The largest absolute Gasteiger partial charge is 0.491 e. The first-order valence-electron chi connectivity index (χ1n) is 7.26. The second kappa shape index (κ2) is 7.86. The molecule has 4 nitrogen and oxygen atoms in total. The first-order valence-corrected chi connectivity index (χ1v) is 9.51. The van der Waals surface area contributed by atoms with Gasteiger partial charge in [0.05, 0.1) is 16.5 Å². The molecule has 3 aromatic rings. The van der Waals surface area contributed by atoms with Crippen molar-refractivity contribution in [2.24, 2.45) is 0 Å². The third kappa shape index (κ3) is 3.88. The zero-order chi connectivity index (χ0) is 16.1. The summed E-state index contributed by atoms with van der Waals surface area (Å²) < 4.78 is 7.83. The predicted molar refractivity (Wildman–Crippen MR) is 96.7 cm³/mol. The number of thiophene rings is 1. The third-order valence-electron chi connectivity index (χ3n) is 3.18. The van der Waals surface area contributed by atoms with Crippen molar-refractivity contribution in [3.63, 3.8) is 0 Å². The molecule has 0 N–H and O–H groups in total. The van der Waals surface area contributed by atoms with E-state index in [-0.39, 0.29) is 0 Å². The molecule has 1 aromatic carbocycles. The summed E-state index contributed by atoms with van der Waals surface area (Å²) in [6.45, 7) is 3.51. The summed E-state index contributed by atoms with van der Waals surface area (Å²) in [5.41, 5.74) is 0. The second-order valence-electron chi connectivity index (χ2n) is 4.66. The van der Waals surface area contributed by atoms with Gasteiger partial charge in [-0.3, -0.25) is 0 Å². The summed E-state index contributed by atoms with van der Waals surface area (Å²) >= 11 is 9.39. The fourth-order valence-electron chi connectivity index (χ4n) is 2.11. The van der Waals surface area contributed by atoms with Crippen LogP contribution in [0.5, 0.6) is 5.75 Å². The van der Waals surface area contributed by atoms with Crippen LogP contribution >= 0.6 is 34.7 Å². The van der Waals surface area contributed by atoms with E-state index in [0.29, 0.717) is 17.4 Å². The molecule has 23 heavy (non-hydrogen) atoms. The SMILES string of the molecule is CCn1c(SCCOc2ccccc2Cl)nnc1-c1cccs1. The number of aromatic nitrogens is 3. The molecule has 2 aromatic heterocycles. The smallest absolute Gasteiger partial charge is 0.191 e. The van der Waals surface area contributed by atoms with Crippen molar-refractivity contribution in [2.75, 3.05) is 12.4 Å². The fraction of sp³-hybridized carbons (Fsp3) is 0.250. The summed E-state index contributed by atoms with van der Waals surface area (Å²) in [4.78, 5) is 1.14. The van der Waals surface area contributed by atoms with E-state index in [9.17, 15) is 0 Å². The van der Waals surface area contributed by atoms with Crippen LogP contribution in [0.25, 0.3) is 10.7 Å². The van der Waals surface area contributed by atoms with Gasteiger partial charge in [-0.15, -0.1) is 21.5 Å². The van der Waals surface area contributed by atoms with E-state index in [1.54, 1.807) is 23.1 Å². The van der Waals surface area contributed by atoms with Crippen LogP contribution < -0.4 is 4.74 Å². The molecule has 0 aliphatic rings. The normalized spacial score (nSPS) is 10.9. The van der Waals surface area contributed by atoms with Crippen LogP contribution in [-0.2, 0) is 6.54 Å². The Kier molecular flexibility index (Phi) is 5.59. The minimum absolute atomic E-state index is 0.569. The lowest BCUT2D eigenvalue weighted by atomic mass is 10.3.